The number of fused-ring (bicyclic) bond motifs is 1. The Kier molecular flexibility index (Phi) is 8.32. The summed E-state index contributed by atoms with van der Waals surface area (Å²) in [5.41, 5.74) is 1.84. The van der Waals surface area contributed by atoms with Crippen molar-refractivity contribution in [1.29, 1.82) is 0 Å². The molecule has 4 rings (SSSR count). The number of benzene rings is 2. The lowest BCUT2D eigenvalue weighted by molar-refractivity contribution is -0.132. The standard InChI is InChI=1S/C21H24N4O2.2ClH/c1-16-13-24(12-11-22-16)21(26)14-25-19-10-6-5-9-18(19)23-20(25)15-27-17-7-3-2-4-8-17;;/h2-10,16,22H,11-15H2,1H3;2*1H. The molecular weight excluding hydrogens is 411 g/mol. The molecule has 2 aromatic carbocycles. The summed E-state index contributed by atoms with van der Waals surface area (Å²) >= 11 is 0. The highest BCUT2D eigenvalue weighted by atomic mass is 35.5. The summed E-state index contributed by atoms with van der Waals surface area (Å²) in [6, 6.07) is 17.9. The van der Waals surface area contributed by atoms with Crippen LogP contribution in [0.2, 0.25) is 0 Å². The summed E-state index contributed by atoms with van der Waals surface area (Å²) in [5, 5.41) is 3.37. The smallest absolute Gasteiger partial charge is 0.242 e. The van der Waals surface area contributed by atoms with E-state index in [0.717, 1.165) is 42.2 Å². The van der Waals surface area contributed by atoms with Crippen LogP contribution in [0.15, 0.2) is 54.6 Å². The molecule has 1 aliphatic heterocycles. The van der Waals surface area contributed by atoms with Crippen LogP contribution in [0.4, 0.5) is 0 Å². The lowest BCUT2D eigenvalue weighted by atomic mass is 10.2. The second-order valence-electron chi connectivity index (χ2n) is 6.90. The van der Waals surface area contributed by atoms with Crippen LogP contribution in [0, 0.1) is 0 Å². The van der Waals surface area contributed by atoms with Gasteiger partial charge in [-0.15, -0.1) is 24.8 Å². The van der Waals surface area contributed by atoms with Gasteiger partial charge < -0.3 is 19.5 Å². The number of aromatic nitrogens is 2. The van der Waals surface area contributed by atoms with Crippen molar-refractivity contribution >= 4 is 41.8 Å². The predicted octanol–water partition coefficient (Wildman–Crippen LogP) is 3.28. The molecule has 1 atom stereocenters. The van der Waals surface area contributed by atoms with Crippen molar-refractivity contribution in [3.8, 4) is 5.75 Å². The number of imidazole rings is 1. The van der Waals surface area contributed by atoms with Crippen molar-refractivity contribution in [3.05, 3.63) is 60.4 Å². The minimum Gasteiger partial charge on any atom is -0.486 e. The maximum absolute atomic E-state index is 12.9. The summed E-state index contributed by atoms with van der Waals surface area (Å²) < 4.78 is 7.87. The highest BCUT2D eigenvalue weighted by Crippen LogP contribution is 2.19. The highest BCUT2D eigenvalue weighted by Gasteiger charge is 2.22. The van der Waals surface area contributed by atoms with E-state index in [4.69, 9.17) is 9.72 Å². The van der Waals surface area contributed by atoms with Crippen LogP contribution >= 0.6 is 24.8 Å². The average Bonchev–Trinajstić information content (AvgIpc) is 3.05. The van der Waals surface area contributed by atoms with Crippen LogP contribution in [-0.4, -0.2) is 46.0 Å². The Morgan fingerprint density at radius 2 is 1.86 bits per heavy atom. The summed E-state index contributed by atoms with van der Waals surface area (Å²) in [7, 11) is 0. The fourth-order valence-electron chi connectivity index (χ4n) is 3.47. The number of para-hydroxylation sites is 3. The number of amides is 1. The third-order valence-corrected chi connectivity index (χ3v) is 4.86. The lowest BCUT2D eigenvalue weighted by Gasteiger charge is -2.32. The first-order valence-corrected chi connectivity index (χ1v) is 9.34. The Morgan fingerprint density at radius 1 is 1.14 bits per heavy atom. The Hall–Kier alpha value is -2.28. The zero-order valence-corrected chi connectivity index (χ0v) is 17.9. The van der Waals surface area contributed by atoms with E-state index in [-0.39, 0.29) is 37.3 Å². The Balaban J connectivity index is 0.00000150. The monoisotopic (exact) mass is 436 g/mol. The van der Waals surface area contributed by atoms with Gasteiger partial charge in [0, 0.05) is 25.7 Å². The molecule has 2 heterocycles. The third-order valence-electron chi connectivity index (χ3n) is 4.86. The molecule has 1 aromatic heterocycles. The van der Waals surface area contributed by atoms with Crippen molar-refractivity contribution in [3.63, 3.8) is 0 Å². The minimum atomic E-state index is 0. The Labute approximate surface area is 183 Å². The van der Waals surface area contributed by atoms with Gasteiger partial charge in [-0.2, -0.15) is 0 Å². The zero-order valence-electron chi connectivity index (χ0n) is 16.3. The minimum absolute atomic E-state index is 0. The van der Waals surface area contributed by atoms with Crippen LogP contribution in [0.5, 0.6) is 5.75 Å². The number of piperazine rings is 1. The van der Waals surface area contributed by atoms with Gasteiger partial charge in [-0.3, -0.25) is 4.79 Å². The maximum Gasteiger partial charge on any atom is 0.242 e. The number of hydrogen-bond acceptors (Lipinski definition) is 4. The summed E-state index contributed by atoms with van der Waals surface area (Å²) in [6.45, 7) is 5.02. The van der Waals surface area contributed by atoms with Gasteiger partial charge in [0.15, 0.2) is 0 Å². The largest absolute Gasteiger partial charge is 0.486 e. The summed E-state index contributed by atoms with van der Waals surface area (Å²) in [6.07, 6.45) is 0. The van der Waals surface area contributed by atoms with Crippen molar-refractivity contribution in [2.24, 2.45) is 0 Å². The molecule has 0 radical (unpaired) electrons. The first kappa shape index (κ1) is 23.0. The molecule has 29 heavy (non-hydrogen) atoms. The van der Waals surface area contributed by atoms with Crippen molar-refractivity contribution in [2.75, 3.05) is 19.6 Å². The lowest BCUT2D eigenvalue weighted by Crippen LogP contribution is -2.52. The molecule has 1 amide bonds. The Morgan fingerprint density at radius 3 is 2.62 bits per heavy atom. The van der Waals surface area contributed by atoms with Gasteiger partial charge in [0.25, 0.3) is 0 Å². The van der Waals surface area contributed by atoms with Gasteiger partial charge in [-0.1, -0.05) is 30.3 Å². The van der Waals surface area contributed by atoms with E-state index in [1.807, 2.05) is 64.1 Å². The molecule has 1 aliphatic rings. The summed E-state index contributed by atoms with van der Waals surface area (Å²) in [4.78, 5) is 19.5. The molecule has 1 saturated heterocycles. The second kappa shape index (κ2) is 10.5. The predicted molar refractivity (Wildman–Crippen MR) is 119 cm³/mol. The van der Waals surface area contributed by atoms with E-state index in [9.17, 15) is 4.79 Å². The van der Waals surface area contributed by atoms with E-state index >= 15 is 0 Å². The van der Waals surface area contributed by atoms with Gasteiger partial charge in [0.05, 0.1) is 11.0 Å². The highest BCUT2D eigenvalue weighted by molar-refractivity contribution is 5.85. The molecule has 1 fully saturated rings. The fourth-order valence-corrected chi connectivity index (χ4v) is 3.47. The molecule has 3 aromatic rings. The van der Waals surface area contributed by atoms with Gasteiger partial charge in [0.2, 0.25) is 5.91 Å². The van der Waals surface area contributed by atoms with Crippen LogP contribution in [0.25, 0.3) is 11.0 Å². The van der Waals surface area contributed by atoms with Crippen molar-refractivity contribution < 1.29 is 9.53 Å². The van der Waals surface area contributed by atoms with Gasteiger partial charge in [0.1, 0.15) is 24.7 Å². The molecule has 0 saturated carbocycles. The summed E-state index contributed by atoms with van der Waals surface area (Å²) in [5.74, 6) is 1.67. The molecule has 6 nitrogen and oxygen atoms in total. The van der Waals surface area contributed by atoms with Gasteiger partial charge >= 0.3 is 0 Å². The molecular formula is C21H26Cl2N4O2. The Bertz CT molecular complexity index is 933. The van der Waals surface area contributed by atoms with E-state index in [1.54, 1.807) is 0 Å². The maximum atomic E-state index is 12.9. The van der Waals surface area contributed by atoms with Crippen LogP contribution in [0.1, 0.15) is 12.7 Å². The number of rotatable bonds is 5. The molecule has 0 aliphatic carbocycles. The zero-order chi connectivity index (χ0) is 18.6. The van der Waals surface area contributed by atoms with E-state index in [0.29, 0.717) is 12.6 Å². The first-order chi connectivity index (χ1) is 13.2. The average molecular weight is 437 g/mol. The van der Waals surface area contributed by atoms with Crippen LogP contribution < -0.4 is 10.1 Å². The molecule has 1 unspecified atom stereocenters. The SMILES string of the molecule is CC1CN(C(=O)Cn2c(COc3ccccc3)nc3ccccc32)CCN1.Cl.Cl. The number of nitrogens with zero attached hydrogens (tertiary/aromatic N) is 3. The number of carbonyl (C=O) groups excluding carboxylic acids is 1. The first-order valence-electron chi connectivity index (χ1n) is 9.34. The van der Waals surface area contributed by atoms with E-state index in [2.05, 4.69) is 12.2 Å². The molecule has 8 heteroatoms. The molecule has 1 N–H and O–H groups in total. The van der Waals surface area contributed by atoms with Gasteiger partial charge in [-0.25, -0.2) is 4.98 Å². The number of hydrogen-bond donors (Lipinski definition) is 1. The number of nitrogens with one attached hydrogen (secondary N) is 1. The number of halogens is 2. The second-order valence-corrected chi connectivity index (χ2v) is 6.90. The quantitative estimate of drug-likeness (QED) is 0.666. The molecule has 0 spiro atoms. The van der Waals surface area contributed by atoms with Crippen LogP contribution in [-0.2, 0) is 17.9 Å². The topological polar surface area (TPSA) is 59.4 Å². The number of carbonyl (C=O) groups is 1. The normalized spacial score (nSPS) is 16.0. The van der Waals surface area contributed by atoms with Crippen molar-refractivity contribution in [2.45, 2.75) is 26.1 Å². The number of ether oxygens (including phenoxy) is 1. The van der Waals surface area contributed by atoms with E-state index in [1.165, 1.54) is 0 Å². The fraction of sp³-hybridized carbons (Fsp3) is 0.333. The van der Waals surface area contributed by atoms with Gasteiger partial charge in [-0.05, 0) is 31.2 Å². The van der Waals surface area contributed by atoms with E-state index < -0.39 is 0 Å². The molecule has 156 valence electrons. The van der Waals surface area contributed by atoms with Crippen LogP contribution in [0.3, 0.4) is 0 Å². The molecule has 0 bridgehead atoms. The van der Waals surface area contributed by atoms with Crippen molar-refractivity contribution in [1.82, 2.24) is 19.8 Å². The third kappa shape index (κ3) is 5.41.